The van der Waals surface area contributed by atoms with E-state index in [9.17, 15) is 18.0 Å². The first kappa shape index (κ1) is 18.7. The lowest BCUT2D eigenvalue weighted by Gasteiger charge is -2.15. The van der Waals surface area contributed by atoms with E-state index in [1.807, 2.05) is 0 Å². The highest BCUT2D eigenvalue weighted by Crippen LogP contribution is 2.20. The van der Waals surface area contributed by atoms with E-state index in [0.717, 1.165) is 4.90 Å². The van der Waals surface area contributed by atoms with Gasteiger partial charge in [0, 0.05) is 12.6 Å². The fraction of sp³-hybridized carbons (Fsp3) is 0.294. The molecule has 25 heavy (non-hydrogen) atoms. The lowest BCUT2D eigenvalue weighted by atomic mass is 10.2. The molecule has 0 atom stereocenters. The average molecular weight is 365 g/mol. The Kier molecular flexibility index (Phi) is 5.97. The normalized spacial score (nSPS) is 11.1. The van der Waals surface area contributed by atoms with E-state index in [1.165, 1.54) is 31.5 Å². The third kappa shape index (κ3) is 4.69. The van der Waals surface area contributed by atoms with Crippen LogP contribution in [0.3, 0.4) is 0 Å². The number of sulfone groups is 1. The zero-order valence-electron chi connectivity index (χ0n) is 14.0. The van der Waals surface area contributed by atoms with E-state index >= 15 is 0 Å². The summed E-state index contributed by atoms with van der Waals surface area (Å²) >= 11 is 0. The molecule has 0 saturated carbocycles. The number of carbonyl (C=O) groups is 2. The van der Waals surface area contributed by atoms with E-state index in [0.29, 0.717) is 0 Å². The van der Waals surface area contributed by atoms with Gasteiger partial charge in [-0.1, -0.05) is 18.2 Å². The van der Waals surface area contributed by atoms with Gasteiger partial charge in [-0.2, -0.15) is 0 Å². The molecule has 0 saturated heterocycles. The molecule has 1 aromatic heterocycles. The first-order valence-corrected chi connectivity index (χ1v) is 9.25. The van der Waals surface area contributed by atoms with Crippen molar-refractivity contribution < 1.29 is 27.2 Å². The van der Waals surface area contributed by atoms with Gasteiger partial charge in [-0.15, -0.1) is 0 Å². The van der Waals surface area contributed by atoms with Crippen molar-refractivity contribution in [2.75, 3.05) is 20.2 Å². The summed E-state index contributed by atoms with van der Waals surface area (Å²) in [5.41, 5.74) is 0.240. The topological polar surface area (TPSA) is 93.9 Å². The predicted octanol–water partition coefficient (Wildman–Crippen LogP) is 1.89. The molecule has 7 nitrogen and oxygen atoms in total. The molecular weight excluding hydrogens is 346 g/mol. The van der Waals surface area contributed by atoms with Crippen LogP contribution in [0.4, 0.5) is 0 Å². The Hall–Kier alpha value is -2.61. The number of carbonyl (C=O) groups excluding carboxylic acids is 2. The van der Waals surface area contributed by atoms with Crippen LogP contribution in [0.15, 0.2) is 52.0 Å². The standard InChI is InChI=1S/C17H19NO6S/c1-3-23-15(19)11-18(2)17(20)16-13(9-10-24-16)12-25(21,22)14-7-5-4-6-8-14/h4-10H,3,11-12H2,1-2H3. The van der Waals surface area contributed by atoms with Gasteiger partial charge in [-0.05, 0) is 25.1 Å². The van der Waals surface area contributed by atoms with E-state index in [4.69, 9.17) is 9.15 Å². The van der Waals surface area contributed by atoms with Crippen molar-refractivity contribution in [2.45, 2.75) is 17.6 Å². The molecule has 134 valence electrons. The Bertz CT molecular complexity index is 841. The minimum Gasteiger partial charge on any atom is -0.465 e. The lowest BCUT2D eigenvalue weighted by Crippen LogP contribution is -2.33. The van der Waals surface area contributed by atoms with Crippen LogP contribution in [-0.2, 0) is 25.1 Å². The molecule has 0 aliphatic rings. The Morgan fingerprint density at radius 3 is 2.48 bits per heavy atom. The zero-order valence-corrected chi connectivity index (χ0v) is 14.8. The number of rotatable bonds is 7. The molecule has 0 radical (unpaired) electrons. The first-order chi connectivity index (χ1) is 11.8. The molecule has 0 spiro atoms. The number of ether oxygens (including phenoxy) is 1. The predicted molar refractivity (Wildman–Crippen MR) is 89.6 cm³/mol. The lowest BCUT2D eigenvalue weighted by molar-refractivity contribution is -0.143. The molecule has 0 aliphatic carbocycles. The van der Waals surface area contributed by atoms with Crippen LogP contribution < -0.4 is 0 Å². The minimum absolute atomic E-state index is 0.105. The van der Waals surface area contributed by atoms with Gasteiger partial charge >= 0.3 is 5.97 Å². The average Bonchev–Trinajstić information content (AvgIpc) is 3.02. The van der Waals surface area contributed by atoms with Crippen molar-refractivity contribution in [1.82, 2.24) is 4.90 Å². The van der Waals surface area contributed by atoms with Crippen LogP contribution in [-0.4, -0.2) is 45.4 Å². The van der Waals surface area contributed by atoms with E-state index < -0.39 is 21.7 Å². The summed E-state index contributed by atoms with van der Waals surface area (Å²) in [7, 11) is -2.21. The monoisotopic (exact) mass is 365 g/mol. The van der Waals surface area contributed by atoms with Crippen molar-refractivity contribution in [2.24, 2.45) is 0 Å². The smallest absolute Gasteiger partial charge is 0.325 e. The second-order valence-corrected chi connectivity index (χ2v) is 7.30. The van der Waals surface area contributed by atoms with Gasteiger partial charge < -0.3 is 14.1 Å². The Balaban J connectivity index is 2.17. The molecular formula is C17H19NO6S. The Morgan fingerprint density at radius 2 is 1.84 bits per heavy atom. The van der Waals surface area contributed by atoms with Gasteiger partial charge in [-0.25, -0.2) is 8.42 Å². The Morgan fingerprint density at radius 1 is 1.16 bits per heavy atom. The molecule has 1 aromatic carbocycles. The zero-order chi connectivity index (χ0) is 18.4. The summed E-state index contributed by atoms with van der Waals surface area (Å²) in [6.45, 7) is 1.62. The number of furan rings is 1. The van der Waals surface area contributed by atoms with Crippen molar-refractivity contribution in [3.05, 3.63) is 54.0 Å². The summed E-state index contributed by atoms with van der Waals surface area (Å²) in [5.74, 6) is -1.62. The molecule has 0 N–H and O–H groups in total. The fourth-order valence-electron chi connectivity index (χ4n) is 2.20. The molecule has 1 amide bonds. The van der Waals surface area contributed by atoms with Gasteiger partial charge in [0.05, 0.1) is 23.5 Å². The van der Waals surface area contributed by atoms with Gasteiger partial charge in [0.2, 0.25) is 0 Å². The summed E-state index contributed by atoms with van der Waals surface area (Å²) in [5, 5.41) is 0. The molecule has 1 heterocycles. The number of amides is 1. The van der Waals surface area contributed by atoms with Crippen molar-refractivity contribution in [3.8, 4) is 0 Å². The van der Waals surface area contributed by atoms with Gasteiger partial charge in [0.1, 0.15) is 6.54 Å². The second kappa shape index (κ2) is 7.98. The van der Waals surface area contributed by atoms with Gasteiger partial charge in [0.25, 0.3) is 5.91 Å². The molecule has 0 aliphatic heterocycles. The number of benzene rings is 1. The van der Waals surface area contributed by atoms with Crippen LogP contribution in [0.25, 0.3) is 0 Å². The van der Waals surface area contributed by atoms with E-state index in [1.54, 1.807) is 25.1 Å². The largest absolute Gasteiger partial charge is 0.465 e. The van der Waals surface area contributed by atoms with E-state index in [-0.39, 0.29) is 35.1 Å². The van der Waals surface area contributed by atoms with Crippen molar-refractivity contribution >= 4 is 21.7 Å². The number of hydrogen-bond donors (Lipinski definition) is 0. The fourth-order valence-corrected chi connectivity index (χ4v) is 3.57. The Labute approximate surface area is 146 Å². The SMILES string of the molecule is CCOC(=O)CN(C)C(=O)c1occc1CS(=O)(=O)c1ccccc1. The molecule has 0 bridgehead atoms. The molecule has 8 heteroatoms. The third-order valence-electron chi connectivity index (χ3n) is 3.41. The van der Waals surface area contributed by atoms with Gasteiger partial charge in [0.15, 0.2) is 15.6 Å². The van der Waals surface area contributed by atoms with Crippen molar-refractivity contribution in [1.29, 1.82) is 0 Å². The molecule has 0 unspecified atom stereocenters. The summed E-state index contributed by atoms with van der Waals surface area (Å²) in [4.78, 5) is 25.2. The minimum atomic E-state index is -3.62. The molecule has 0 fully saturated rings. The van der Waals surface area contributed by atoms with Crippen LogP contribution >= 0.6 is 0 Å². The van der Waals surface area contributed by atoms with E-state index in [2.05, 4.69) is 0 Å². The number of hydrogen-bond acceptors (Lipinski definition) is 6. The van der Waals surface area contributed by atoms with Crippen LogP contribution in [0.5, 0.6) is 0 Å². The van der Waals surface area contributed by atoms with Crippen molar-refractivity contribution in [3.63, 3.8) is 0 Å². The quantitative estimate of drug-likeness (QED) is 0.696. The number of nitrogens with zero attached hydrogens (tertiary/aromatic N) is 1. The number of likely N-dealkylation sites (N-methyl/N-ethyl adjacent to an activating group) is 1. The summed E-state index contributed by atoms with van der Waals surface area (Å²) in [6, 6.07) is 9.39. The molecule has 2 rings (SSSR count). The maximum atomic E-state index is 12.5. The van der Waals surface area contributed by atoms with Crippen LogP contribution in [0.2, 0.25) is 0 Å². The maximum Gasteiger partial charge on any atom is 0.325 e. The third-order valence-corrected chi connectivity index (χ3v) is 5.09. The highest BCUT2D eigenvalue weighted by molar-refractivity contribution is 7.90. The second-order valence-electron chi connectivity index (χ2n) is 5.31. The molecule has 2 aromatic rings. The summed E-state index contributed by atoms with van der Waals surface area (Å²) < 4.78 is 34.9. The van der Waals surface area contributed by atoms with Crippen LogP contribution in [0.1, 0.15) is 23.0 Å². The number of esters is 1. The maximum absolute atomic E-state index is 12.5. The van der Waals surface area contributed by atoms with Gasteiger partial charge in [-0.3, -0.25) is 9.59 Å². The highest BCUT2D eigenvalue weighted by atomic mass is 32.2. The van der Waals surface area contributed by atoms with Crippen LogP contribution in [0, 0.1) is 0 Å². The first-order valence-electron chi connectivity index (χ1n) is 7.60. The summed E-state index contributed by atoms with van der Waals surface area (Å²) in [6.07, 6.45) is 1.25. The highest BCUT2D eigenvalue weighted by Gasteiger charge is 2.25.